The summed E-state index contributed by atoms with van der Waals surface area (Å²) in [5.41, 5.74) is 6.13. The molecule has 0 spiro atoms. The predicted octanol–water partition coefficient (Wildman–Crippen LogP) is -0.342. The molecule has 5 heteroatoms. The van der Waals surface area contributed by atoms with Crippen LogP contribution in [0.25, 0.3) is 0 Å². The number of nitrogens with zero attached hydrogens (tertiary/aromatic N) is 2. The van der Waals surface area contributed by atoms with Gasteiger partial charge in [0.15, 0.2) is 0 Å². The van der Waals surface area contributed by atoms with Crippen molar-refractivity contribution in [3.63, 3.8) is 0 Å². The third-order valence-corrected chi connectivity index (χ3v) is 3.55. The molecule has 0 radical (unpaired) electrons. The monoisotopic (exact) mass is 241 g/mol. The van der Waals surface area contributed by atoms with Crippen molar-refractivity contribution in [2.75, 3.05) is 45.9 Å². The van der Waals surface area contributed by atoms with Crippen LogP contribution in [0.15, 0.2) is 0 Å². The standard InChI is InChI=1S/C12H23N3O2/c1-2-3-12(13)9-14(10-12)8-11(16)15-4-6-17-7-5-15/h2-10,13H2,1H3. The number of ether oxygens (including phenoxy) is 1. The van der Waals surface area contributed by atoms with Gasteiger partial charge >= 0.3 is 0 Å². The lowest BCUT2D eigenvalue weighted by Crippen LogP contribution is -2.68. The highest BCUT2D eigenvalue weighted by Gasteiger charge is 2.39. The Labute approximate surface area is 103 Å². The van der Waals surface area contributed by atoms with Crippen LogP contribution in [-0.4, -0.2) is 67.2 Å². The van der Waals surface area contributed by atoms with Crippen molar-refractivity contribution in [2.45, 2.75) is 25.3 Å². The van der Waals surface area contributed by atoms with Crippen LogP contribution in [0.4, 0.5) is 0 Å². The number of amides is 1. The van der Waals surface area contributed by atoms with Gasteiger partial charge in [-0.25, -0.2) is 0 Å². The second-order valence-electron chi connectivity index (χ2n) is 5.25. The summed E-state index contributed by atoms with van der Waals surface area (Å²) in [6.07, 6.45) is 2.16. The molecule has 2 heterocycles. The van der Waals surface area contributed by atoms with Crippen LogP contribution in [0.5, 0.6) is 0 Å². The summed E-state index contributed by atoms with van der Waals surface area (Å²) < 4.78 is 5.23. The van der Waals surface area contributed by atoms with Gasteiger partial charge in [0.1, 0.15) is 0 Å². The predicted molar refractivity (Wildman–Crippen MR) is 65.7 cm³/mol. The van der Waals surface area contributed by atoms with Gasteiger partial charge in [-0.1, -0.05) is 13.3 Å². The van der Waals surface area contributed by atoms with Crippen LogP contribution in [0, 0.1) is 0 Å². The van der Waals surface area contributed by atoms with Crippen LogP contribution in [0.1, 0.15) is 19.8 Å². The van der Waals surface area contributed by atoms with E-state index in [0.717, 1.165) is 39.0 Å². The molecular weight excluding hydrogens is 218 g/mol. The van der Waals surface area contributed by atoms with Crippen molar-refractivity contribution in [1.29, 1.82) is 0 Å². The molecule has 2 aliphatic rings. The first-order valence-electron chi connectivity index (χ1n) is 6.50. The van der Waals surface area contributed by atoms with Crippen LogP contribution < -0.4 is 5.73 Å². The van der Waals surface area contributed by atoms with Gasteiger partial charge in [0, 0.05) is 31.7 Å². The SMILES string of the molecule is CCCC1(N)CN(CC(=O)N2CCOCC2)C1. The van der Waals surface area contributed by atoms with Crippen LogP contribution in [0.2, 0.25) is 0 Å². The van der Waals surface area contributed by atoms with Crippen LogP contribution >= 0.6 is 0 Å². The Morgan fingerprint density at radius 1 is 1.35 bits per heavy atom. The molecule has 0 unspecified atom stereocenters. The highest BCUT2D eigenvalue weighted by Crippen LogP contribution is 2.22. The van der Waals surface area contributed by atoms with Gasteiger partial charge < -0.3 is 15.4 Å². The molecule has 2 aliphatic heterocycles. The number of nitrogens with two attached hydrogens (primary N) is 1. The van der Waals surface area contributed by atoms with Gasteiger partial charge in [0.25, 0.3) is 0 Å². The fourth-order valence-electron chi connectivity index (χ4n) is 2.72. The van der Waals surface area contributed by atoms with E-state index in [9.17, 15) is 4.79 Å². The Balaban J connectivity index is 1.70. The van der Waals surface area contributed by atoms with E-state index < -0.39 is 0 Å². The number of morpholine rings is 1. The third-order valence-electron chi connectivity index (χ3n) is 3.55. The molecule has 2 fully saturated rings. The average molecular weight is 241 g/mol. The summed E-state index contributed by atoms with van der Waals surface area (Å²) in [7, 11) is 0. The molecule has 98 valence electrons. The van der Waals surface area contributed by atoms with Gasteiger partial charge in [0.05, 0.1) is 19.8 Å². The van der Waals surface area contributed by atoms with Crippen molar-refractivity contribution in [3.8, 4) is 0 Å². The molecule has 1 amide bonds. The quantitative estimate of drug-likeness (QED) is 0.731. The zero-order valence-corrected chi connectivity index (χ0v) is 10.7. The Kier molecular flexibility index (Phi) is 4.01. The fourth-order valence-corrected chi connectivity index (χ4v) is 2.72. The molecule has 0 aromatic rings. The lowest BCUT2D eigenvalue weighted by atomic mass is 9.86. The maximum atomic E-state index is 12.0. The van der Waals surface area contributed by atoms with Gasteiger partial charge in [-0.15, -0.1) is 0 Å². The van der Waals surface area contributed by atoms with Gasteiger partial charge in [-0.05, 0) is 6.42 Å². The van der Waals surface area contributed by atoms with E-state index in [0.29, 0.717) is 19.8 Å². The molecule has 0 aromatic heterocycles. The maximum Gasteiger partial charge on any atom is 0.236 e. The Bertz CT molecular complexity index is 271. The van der Waals surface area contributed by atoms with Gasteiger partial charge in [-0.3, -0.25) is 9.69 Å². The Morgan fingerprint density at radius 3 is 2.59 bits per heavy atom. The summed E-state index contributed by atoms with van der Waals surface area (Å²) >= 11 is 0. The van der Waals surface area contributed by atoms with E-state index in [4.69, 9.17) is 10.5 Å². The number of rotatable bonds is 4. The normalized spacial score (nSPS) is 24.5. The zero-order chi connectivity index (χ0) is 12.3. The van der Waals surface area contributed by atoms with Crippen molar-refractivity contribution < 1.29 is 9.53 Å². The average Bonchev–Trinajstić information content (AvgIpc) is 2.28. The van der Waals surface area contributed by atoms with E-state index in [-0.39, 0.29) is 11.4 Å². The molecule has 2 N–H and O–H groups in total. The van der Waals surface area contributed by atoms with E-state index >= 15 is 0 Å². The van der Waals surface area contributed by atoms with Crippen LogP contribution in [-0.2, 0) is 9.53 Å². The maximum absolute atomic E-state index is 12.0. The molecule has 2 saturated heterocycles. The Hall–Kier alpha value is -0.650. The molecule has 17 heavy (non-hydrogen) atoms. The molecule has 5 nitrogen and oxygen atoms in total. The molecule has 0 atom stereocenters. The lowest BCUT2D eigenvalue weighted by Gasteiger charge is -2.48. The van der Waals surface area contributed by atoms with Crippen molar-refractivity contribution in [3.05, 3.63) is 0 Å². The summed E-state index contributed by atoms with van der Waals surface area (Å²) in [6, 6.07) is 0. The van der Waals surface area contributed by atoms with Crippen molar-refractivity contribution >= 4 is 5.91 Å². The summed E-state index contributed by atoms with van der Waals surface area (Å²) in [4.78, 5) is 16.0. The van der Waals surface area contributed by atoms with Gasteiger partial charge in [0.2, 0.25) is 5.91 Å². The second-order valence-corrected chi connectivity index (χ2v) is 5.25. The summed E-state index contributed by atoms with van der Waals surface area (Å²) in [5, 5.41) is 0. The minimum atomic E-state index is -0.0416. The number of carbonyl (C=O) groups excluding carboxylic acids is 1. The molecule has 0 aliphatic carbocycles. The number of hydrogen-bond acceptors (Lipinski definition) is 4. The van der Waals surface area contributed by atoms with Crippen LogP contribution in [0.3, 0.4) is 0 Å². The van der Waals surface area contributed by atoms with E-state index in [1.54, 1.807) is 0 Å². The first kappa shape index (κ1) is 12.8. The third kappa shape index (κ3) is 3.18. The molecule has 2 rings (SSSR count). The molecule has 0 saturated carbocycles. The van der Waals surface area contributed by atoms with Crippen molar-refractivity contribution in [1.82, 2.24) is 9.80 Å². The Morgan fingerprint density at radius 2 is 2.00 bits per heavy atom. The first-order chi connectivity index (χ1) is 8.13. The largest absolute Gasteiger partial charge is 0.378 e. The fraction of sp³-hybridized carbons (Fsp3) is 0.917. The minimum absolute atomic E-state index is 0.0416. The zero-order valence-electron chi connectivity index (χ0n) is 10.7. The lowest BCUT2D eigenvalue weighted by molar-refractivity contribution is -0.138. The summed E-state index contributed by atoms with van der Waals surface area (Å²) in [5.74, 6) is 0.215. The number of carbonyl (C=O) groups is 1. The van der Waals surface area contributed by atoms with E-state index in [2.05, 4.69) is 11.8 Å². The topological polar surface area (TPSA) is 58.8 Å². The van der Waals surface area contributed by atoms with Gasteiger partial charge in [-0.2, -0.15) is 0 Å². The smallest absolute Gasteiger partial charge is 0.236 e. The van der Waals surface area contributed by atoms with Crippen molar-refractivity contribution in [2.24, 2.45) is 5.73 Å². The minimum Gasteiger partial charge on any atom is -0.378 e. The molecular formula is C12H23N3O2. The second kappa shape index (κ2) is 5.33. The highest BCUT2D eigenvalue weighted by atomic mass is 16.5. The first-order valence-corrected chi connectivity index (χ1v) is 6.50. The van der Waals surface area contributed by atoms with E-state index in [1.807, 2.05) is 4.90 Å². The highest BCUT2D eigenvalue weighted by molar-refractivity contribution is 5.78. The summed E-state index contributed by atoms with van der Waals surface area (Å²) in [6.45, 7) is 7.18. The number of hydrogen-bond donors (Lipinski definition) is 1. The molecule has 0 bridgehead atoms. The molecule has 0 aromatic carbocycles. The van der Waals surface area contributed by atoms with E-state index in [1.165, 1.54) is 0 Å². The number of likely N-dealkylation sites (tertiary alicyclic amines) is 1.